The first-order valence-corrected chi connectivity index (χ1v) is 13.0. The number of alkyl halides is 3. The van der Waals surface area contributed by atoms with Crippen LogP contribution in [0.25, 0.3) is 0 Å². The average Bonchev–Trinajstić information content (AvgIpc) is 3.36. The van der Waals surface area contributed by atoms with E-state index in [0.29, 0.717) is 30.5 Å². The van der Waals surface area contributed by atoms with Crippen molar-refractivity contribution >= 4 is 11.8 Å². The average molecular weight is 552 g/mol. The first-order chi connectivity index (χ1) is 18.5. The van der Waals surface area contributed by atoms with Gasteiger partial charge in [-0.25, -0.2) is 4.39 Å². The highest BCUT2D eigenvalue weighted by Gasteiger charge is 2.39. The van der Waals surface area contributed by atoms with Gasteiger partial charge in [-0.15, -0.1) is 0 Å². The van der Waals surface area contributed by atoms with Crippen molar-refractivity contribution in [2.24, 2.45) is 0 Å². The van der Waals surface area contributed by atoms with Crippen LogP contribution in [0.3, 0.4) is 0 Å². The van der Waals surface area contributed by atoms with Gasteiger partial charge in [0.1, 0.15) is 5.82 Å². The van der Waals surface area contributed by atoms with Crippen LogP contribution in [0, 0.1) is 5.82 Å². The number of carbonyl (C=O) groups is 2. The topological polar surface area (TPSA) is 90.9 Å². The van der Waals surface area contributed by atoms with Crippen LogP contribution < -0.4 is 10.6 Å². The van der Waals surface area contributed by atoms with Gasteiger partial charge in [0.2, 0.25) is 5.91 Å². The Hall–Kier alpha value is -3.02. The molecule has 11 heteroatoms. The number of nitrogens with one attached hydrogen (secondary N) is 2. The molecule has 2 aromatic carbocycles. The van der Waals surface area contributed by atoms with Gasteiger partial charge in [0.25, 0.3) is 5.91 Å². The molecule has 1 aliphatic carbocycles. The van der Waals surface area contributed by atoms with Crippen LogP contribution in [0.1, 0.15) is 59.2 Å². The van der Waals surface area contributed by atoms with Gasteiger partial charge in [-0.05, 0) is 61.9 Å². The van der Waals surface area contributed by atoms with E-state index in [0.717, 1.165) is 44.0 Å². The maximum absolute atomic E-state index is 14.4. The summed E-state index contributed by atoms with van der Waals surface area (Å²) in [6.07, 6.45) is -1.39. The van der Waals surface area contributed by atoms with Crippen molar-refractivity contribution in [1.29, 1.82) is 0 Å². The molecule has 1 aliphatic heterocycles. The van der Waals surface area contributed by atoms with Crippen molar-refractivity contribution in [3.8, 4) is 0 Å². The third kappa shape index (κ3) is 7.14. The molecule has 0 spiro atoms. The molecule has 4 rings (SSSR count). The SMILES string of the molecule is COCc1ccc(C2(O)CCC(N3CC[C@@H](NC(=O)CNC(=O)c4cccc(C(F)(F)F)c4)C3)CC2)cc1F. The molecule has 212 valence electrons. The van der Waals surface area contributed by atoms with Crippen LogP contribution in [-0.2, 0) is 27.9 Å². The standard InChI is InChI=1S/C28H33F4N3O4/c1-39-17-19-5-6-20(14-24(19)29)27(38)10-7-23(8-11-27)35-12-9-22(16-35)34-25(36)15-33-26(37)18-3-2-4-21(13-18)28(30,31)32/h2-6,13-14,22-23,38H,7-12,15-17H2,1H3,(H,33,37)(H,34,36)/t22-,23?,27?/m1/s1. The van der Waals surface area contributed by atoms with Gasteiger partial charge in [-0.1, -0.05) is 18.2 Å². The Bertz CT molecular complexity index is 1180. The number of ether oxygens (including phenoxy) is 1. The van der Waals surface area contributed by atoms with Gasteiger partial charge in [0.05, 0.1) is 24.3 Å². The maximum Gasteiger partial charge on any atom is 0.416 e. The molecule has 2 aromatic rings. The third-order valence-corrected chi connectivity index (χ3v) is 7.64. The van der Waals surface area contributed by atoms with E-state index in [4.69, 9.17) is 4.74 Å². The van der Waals surface area contributed by atoms with Crippen molar-refractivity contribution in [3.05, 3.63) is 70.5 Å². The van der Waals surface area contributed by atoms with Gasteiger partial charge in [-0.2, -0.15) is 13.2 Å². The molecule has 0 bridgehead atoms. The van der Waals surface area contributed by atoms with Crippen molar-refractivity contribution in [2.75, 3.05) is 26.7 Å². The molecule has 39 heavy (non-hydrogen) atoms. The van der Waals surface area contributed by atoms with Crippen molar-refractivity contribution in [2.45, 2.75) is 62.6 Å². The molecule has 2 fully saturated rings. The smallest absolute Gasteiger partial charge is 0.385 e. The number of aliphatic hydroxyl groups is 1. The normalized spacial score (nSPS) is 23.9. The number of hydrogen-bond acceptors (Lipinski definition) is 5. The summed E-state index contributed by atoms with van der Waals surface area (Å²) in [5, 5.41) is 16.4. The second kappa shape index (κ2) is 12.0. The van der Waals surface area contributed by atoms with E-state index >= 15 is 0 Å². The number of carbonyl (C=O) groups excluding carboxylic acids is 2. The van der Waals surface area contributed by atoms with Gasteiger partial charge in [0.15, 0.2) is 0 Å². The quantitative estimate of drug-likeness (QED) is 0.435. The highest BCUT2D eigenvalue weighted by molar-refractivity contribution is 5.96. The lowest BCUT2D eigenvalue weighted by Gasteiger charge is -2.40. The zero-order valence-corrected chi connectivity index (χ0v) is 21.7. The van der Waals surface area contributed by atoms with E-state index in [-0.39, 0.29) is 30.8 Å². The van der Waals surface area contributed by atoms with Gasteiger partial charge >= 0.3 is 6.18 Å². The summed E-state index contributed by atoms with van der Waals surface area (Å²) in [6.45, 7) is 1.21. The van der Waals surface area contributed by atoms with Crippen LogP contribution in [-0.4, -0.2) is 60.6 Å². The first-order valence-electron chi connectivity index (χ1n) is 13.0. The lowest BCUT2D eigenvalue weighted by molar-refractivity contribution is -0.137. The number of hydrogen-bond donors (Lipinski definition) is 3. The van der Waals surface area contributed by atoms with E-state index in [1.54, 1.807) is 12.1 Å². The van der Waals surface area contributed by atoms with Crippen LogP contribution in [0.5, 0.6) is 0 Å². The monoisotopic (exact) mass is 551 g/mol. The lowest BCUT2D eigenvalue weighted by atomic mass is 9.77. The number of halogens is 4. The summed E-state index contributed by atoms with van der Waals surface area (Å²) in [5.41, 5.74) is -1.18. The molecule has 0 unspecified atom stereocenters. The summed E-state index contributed by atoms with van der Waals surface area (Å²) in [7, 11) is 1.50. The van der Waals surface area contributed by atoms with E-state index in [1.165, 1.54) is 19.2 Å². The largest absolute Gasteiger partial charge is 0.416 e. The van der Waals surface area contributed by atoms with Crippen LogP contribution >= 0.6 is 0 Å². The summed E-state index contributed by atoms with van der Waals surface area (Å²) in [6, 6.07) is 8.93. The number of amides is 2. The second-order valence-corrected chi connectivity index (χ2v) is 10.3. The van der Waals surface area contributed by atoms with E-state index in [2.05, 4.69) is 15.5 Å². The van der Waals surface area contributed by atoms with Crippen molar-refractivity contribution in [1.82, 2.24) is 15.5 Å². The van der Waals surface area contributed by atoms with Gasteiger partial charge < -0.3 is 20.5 Å². The Kier molecular flexibility index (Phi) is 8.93. The Labute approximate surface area is 224 Å². The molecule has 1 heterocycles. The van der Waals surface area contributed by atoms with E-state index in [1.807, 2.05) is 0 Å². The van der Waals surface area contributed by atoms with E-state index in [9.17, 15) is 32.3 Å². The molecule has 2 aliphatic rings. The highest BCUT2D eigenvalue weighted by atomic mass is 19.4. The lowest BCUT2D eigenvalue weighted by Crippen LogP contribution is -2.45. The van der Waals surface area contributed by atoms with E-state index < -0.39 is 35.0 Å². The number of benzene rings is 2. The predicted molar refractivity (Wildman–Crippen MR) is 135 cm³/mol. The molecule has 1 saturated carbocycles. The molecule has 2 amide bonds. The molecular weight excluding hydrogens is 518 g/mol. The molecular formula is C28H33F4N3O4. The maximum atomic E-state index is 14.4. The Balaban J connectivity index is 1.22. The first kappa shape index (κ1) is 29.0. The fraction of sp³-hybridized carbons (Fsp3) is 0.500. The molecule has 1 saturated heterocycles. The van der Waals surface area contributed by atoms with Crippen LogP contribution in [0.4, 0.5) is 17.6 Å². The van der Waals surface area contributed by atoms with Gasteiger partial charge in [0, 0.05) is 43.4 Å². The predicted octanol–water partition coefficient (Wildman–Crippen LogP) is 3.74. The minimum atomic E-state index is -4.56. The number of nitrogens with zero attached hydrogens (tertiary/aromatic N) is 1. The molecule has 3 N–H and O–H groups in total. The third-order valence-electron chi connectivity index (χ3n) is 7.64. The zero-order valence-electron chi connectivity index (χ0n) is 21.7. The fourth-order valence-electron chi connectivity index (χ4n) is 5.46. The van der Waals surface area contributed by atoms with Crippen molar-refractivity contribution in [3.63, 3.8) is 0 Å². The summed E-state index contributed by atoms with van der Waals surface area (Å²) >= 11 is 0. The second-order valence-electron chi connectivity index (χ2n) is 10.3. The highest BCUT2D eigenvalue weighted by Crippen LogP contribution is 2.39. The minimum absolute atomic E-state index is 0.119. The Morgan fingerprint density at radius 2 is 1.87 bits per heavy atom. The number of methoxy groups -OCH3 is 1. The molecule has 7 nitrogen and oxygen atoms in total. The Morgan fingerprint density at radius 3 is 2.54 bits per heavy atom. The molecule has 1 atom stereocenters. The zero-order chi connectivity index (χ0) is 28.2. The molecule has 0 aromatic heterocycles. The Morgan fingerprint density at radius 1 is 1.13 bits per heavy atom. The van der Waals surface area contributed by atoms with Crippen LogP contribution in [0.2, 0.25) is 0 Å². The minimum Gasteiger partial charge on any atom is -0.385 e. The summed E-state index contributed by atoms with van der Waals surface area (Å²) in [5.74, 6) is -1.57. The molecule has 0 radical (unpaired) electrons. The number of likely N-dealkylation sites (tertiary alicyclic amines) is 1. The summed E-state index contributed by atoms with van der Waals surface area (Å²) in [4.78, 5) is 26.9. The van der Waals surface area contributed by atoms with Gasteiger partial charge in [-0.3, -0.25) is 14.5 Å². The van der Waals surface area contributed by atoms with Crippen molar-refractivity contribution < 1.29 is 37.0 Å². The number of rotatable bonds is 8. The van der Waals surface area contributed by atoms with Crippen LogP contribution in [0.15, 0.2) is 42.5 Å². The summed E-state index contributed by atoms with van der Waals surface area (Å²) < 4.78 is 58.0. The fourth-order valence-corrected chi connectivity index (χ4v) is 5.46.